The second-order valence-electron chi connectivity index (χ2n) is 11.2. The summed E-state index contributed by atoms with van der Waals surface area (Å²) in [5.74, 6) is 0.0600. The molecule has 236 valence electrons. The predicted molar refractivity (Wildman–Crippen MR) is 186 cm³/mol. The number of para-hydroxylation sites is 1. The van der Waals surface area contributed by atoms with Gasteiger partial charge in [0, 0.05) is 34.8 Å². The number of carbonyl (C=O) groups is 1. The number of carbonyl (C=O) groups excluding carboxylic acids is 1. The van der Waals surface area contributed by atoms with E-state index in [2.05, 4.69) is 10.6 Å². The highest BCUT2D eigenvalue weighted by molar-refractivity contribution is 7.07. The average molecular weight is 651 g/mol. The zero-order chi connectivity index (χ0) is 33.2. The van der Waals surface area contributed by atoms with Crippen molar-refractivity contribution >= 4 is 40.0 Å². The number of fused-ring (bicyclic) bond motifs is 2. The second kappa shape index (κ2) is 13.0. The van der Waals surface area contributed by atoms with Crippen LogP contribution in [-0.2, 0) is 16.1 Å². The molecule has 2 aromatic heterocycles. The lowest BCUT2D eigenvalue weighted by Gasteiger charge is -2.26. The predicted octanol–water partition coefficient (Wildman–Crippen LogP) is 5.82. The number of hydrogen-bond acceptors (Lipinski definition) is 7. The first-order valence-corrected chi connectivity index (χ1v) is 16.3. The lowest BCUT2D eigenvalue weighted by molar-refractivity contribution is -0.138. The lowest BCUT2D eigenvalue weighted by atomic mass is 9.93. The minimum atomic E-state index is -0.809. The number of hydrogen-bond donors (Lipinski definition) is 0. The Hall–Kier alpha value is -5.98. The van der Waals surface area contributed by atoms with Gasteiger partial charge < -0.3 is 14.0 Å². The van der Waals surface area contributed by atoms with Crippen LogP contribution in [0, 0.1) is 11.3 Å². The Balaban J connectivity index is 1.46. The minimum absolute atomic E-state index is 0.169. The van der Waals surface area contributed by atoms with Crippen molar-refractivity contribution in [3.05, 3.63) is 162 Å². The standard InChI is InChI=1S/C39H30N4O4S/c1-3-47-38(45)34-35(25-12-5-4-6-13-25)41-39-43(36(34)26-16-11-17-30(20-26)46-2)37(44)33(48-39)21-29-24-42(32-19-10-9-18-31(29)32)23-28-15-8-7-14-27(28)22-40/h4-21,24,36H,3,23H2,1-2H3/b33-21+/t36-/m1/s1. The molecule has 1 aliphatic heterocycles. The molecule has 48 heavy (non-hydrogen) atoms. The summed E-state index contributed by atoms with van der Waals surface area (Å²) in [6, 6.07) is 33.9. The van der Waals surface area contributed by atoms with Crippen LogP contribution in [0.25, 0.3) is 22.7 Å². The Labute approximate surface area is 280 Å². The Morgan fingerprint density at radius 3 is 2.56 bits per heavy atom. The number of methoxy groups -OCH3 is 1. The maximum atomic E-state index is 14.5. The molecule has 1 aliphatic rings. The van der Waals surface area contributed by atoms with Gasteiger partial charge in [-0.15, -0.1) is 0 Å². The van der Waals surface area contributed by atoms with Crippen LogP contribution < -0.4 is 19.6 Å². The highest BCUT2D eigenvalue weighted by Crippen LogP contribution is 2.36. The van der Waals surface area contributed by atoms with Crippen LogP contribution in [0.3, 0.4) is 0 Å². The first-order valence-electron chi connectivity index (χ1n) is 15.5. The molecule has 0 aliphatic carbocycles. The third-order valence-corrected chi connectivity index (χ3v) is 9.35. The molecule has 0 radical (unpaired) electrons. The van der Waals surface area contributed by atoms with Gasteiger partial charge in [0.2, 0.25) is 0 Å². The van der Waals surface area contributed by atoms with Crippen molar-refractivity contribution in [3.63, 3.8) is 0 Å². The molecule has 0 saturated heterocycles. The highest BCUT2D eigenvalue weighted by atomic mass is 32.1. The second-order valence-corrected chi connectivity index (χ2v) is 12.2. The van der Waals surface area contributed by atoms with E-state index in [9.17, 15) is 14.9 Å². The van der Waals surface area contributed by atoms with Crippen molar-refractivity contribution in [2.24, 2.45) is 4.99 Å². The summed E-state index contributed by atoms with van der Waals surface area (Å²) in [5, 5.41) is 10.6. The van der Waals surface area contributed by atoms with E-state index >= 15 is 0 Å². The Kier molecular flexibility index (Phi) is 8.32. The van der Waals surface area contributed by atoms with Crippen LogP contribution in [0.15, 0.2) is 125 Å². The quantitative estimate of drug-likeness (QED) is 0.194. The van der Waals surface area contributed by atoms with Gasteiger partial charge in [0.1, 0.15) is 5.75 Å². The number of aromatic nitrogens is 2. The van der Waals surface area contributed by atoms with Crippen molar-refractivity contribution in [1.29, 1.82) is 5.26 Å². The smallest absolute Gasteiger partial charge is 0.338 e. The van der Waals surface area contributed by atoms with Gasteiger partial charge in [0.15, 0.2) is 4.80 Å². The van der Waals surface area contributed by atoms with Crippen molar-refractivity contribution in [2.75, 3.05) is 13.7 Å². The summed E-state index contributed by atoms with van der Waals surface area (Å²) in [6.45, 7) is 2.42. The summed E-state index contributed by atoms with van der Waals surface area (Å²) in [4.78, 5) is 33.7. The number of esters is 1. The third kappa shape index (κ3) is 5.52. The Morgan fingerprint density at radius 1 is 1.00 bits per heavy atom. The van der Waals surface area contributed by atoms with Crippen LogP contribution in [0.1, 0.15) is 40.8 Å². The molecule has 0 N–H and O–H groups in total. The van der Waals surface area contributed by atoms with E-state index in [4.69, 9.17) is 14.5 Å². The van der Waals surface area contributed by atoms with Crippen molar-refractivity contribution in [1.82, 2.24) is 9.13 Å². The highest BCUT2D eigenvalue weighted by Gasteiger charge is 2.35. The minimum Gasteiger partial charge on any atom is -0.497 e. The Morgan fingerprint density at radius 2 is 1.77 bits per heavy atom. The molecular weight excluding hydrogens is 621 g/mol. The maximum absolute atomic E-state index is 14.5. The summed E-state index contributed by atoms with van der Waals surface area (Å²) in [7, 11) is 1.58. The van der Waals surface area contributed by atoms with Crippen LogP contribution in [-0.4, -0.2) is 28.8 Å². The van der Waals surface area contributed by atoms with E-state index in [1.165, 1.54) is 11.3 Å². The summed E-state index contributed by atoms with van der Waals surface area (Å²) in [6.07, 6.45) is 3.90. The molecule has 4 aromatic carbocycles. The van der Waals surface area contributed by atoms with Gasteiger partial charge in [-0.3, -0.25) is 9.36 Å². The van der Waals surface area contributed by atoms with E-state index in [0.29, 0.717) is 38.5 Å². The molecule has 1 atom stereocenters. The number of nitriles is 1. The van der Waals surface area contributed by atoms with E-state index in [-0.39, 0.29) is 17.7 Å². The number of rotatable bonds is 8. The molecular formula is C39H30N4O4S. The van der Waals surface area contributed by atoms with Crippen molar-refractivity contribution < 1.29 is 14.3 Å². The monoisotopic (exact) mass is 650 g/mol. The number of nitrogens with zero attached hydrogens (tertiary/aromatic N) is 4. The number of ether oxygens (including phenoxy) is 2. The van der Waals surface area contributed by atoms with Crippen LogP contribution in [0.5, 0.6) is 5.75 Å². The fourth-order valence-electron chi connectivity index (χ4n) is 6.18. The zero-order valence-corrected chi connectivity index (χ0v) is 27.1. The fraction of sp³-hybridized carbons (Fsp3) is 0.128. The van der Waals surface area contributed by atoms with Gasteiger partial charge in [-0.2, -0.15) is 5.26 Å². The van der Waals surface area contributed by atoms with Crippen LogP contribution >= 0.6 is 11.3 Å². The normalized spacial score (nSPS) is 14.4. The van der Waals surface area contributed by atoms with Crippen molar-refractivity contribution in [2.45, 2.75) is 19.5 Å². The first kappa shape index (κ1) is 30.7. The molecule has 0 bridgehead atoms. The summed E-state index contributed by atoms with van der Waals surface area (Å²) >= 11 is 1.28. The van der Waals surface area contributed by atoms with E-state index < -0.39 is 12.0 Å². The summed E-state index contributed by atoms with van der Waals surface area (Å²) < 4.78 is 15.3. The number of benzene rings is 4. The molecule has 8 nitrogen and oxygen atoms in total. The van der Waals surface area contributed by atoms with Gasteiger partial charge in [0.05, 0.1) is 47.2 Å². The molecule has 7 rings (SSSR count). The third-order valence-electron chi connectivity index (χ3n) is 8.37. The van der Waals surface area contributed by atoms with Gasteiger partial charge in [0.25, 0.3) is 5.56 Å². The molecule has 0 fully saturated rings. The Bertz CT molecular complexity index is 2450. The fourth-order valence-corrected chi connectivity index (χ4v) is 7.17. The molecule has 0 unspecified atom stereocenters. The van der Waals surface area contributed by atoms with Gasteiger partial charge >= 0.3 is 5.97 Å². The molecule has 9 heteroatoms. The van der Waals surface area contributed by atoms with Crippen molar-refractivity contribution in [3.8, 4) is 11.8 Å². The van der Waals surface area contributed by atoms with E-state index in [1.807, 2.05) is 115 Å². The number of thiazole rings is 1. The van der Waals surface area contributed by atoms with Crippen LogP contribution in [0.2, 0.25) is 0 Å². The van der Waals surface area contributed by atoms with Gasteiger partial charge in [-0.25, -0.2) is 9.79 Å². The average Bonchev–Trinajstić information content (AvgIpc) is 3.63. The zero-order valence-electron chi connectivity index (χ0n) is 26.3. The molecule has 0 amide bonds. The van der Waals surface area contributed by atoms with E-state index in [0.717, 1.165) is 27.6 Å². The van der Waals surface area contributed by atoms with E-state index in [1.54, 1.807) is 18.6 Å². The van der Waals surface area contributed by atoms with Gasteiger partial charge in [-0.05, 0) is 48.4 Å². The maximum Gasteiger partial charge on any atom is 0.338 e. The molecule has 0 saturated carbocycles. The molecule has 0 spiro atoms. The largest absolute Gasteiger partial charge is 0.497 e. The lowest BCUT2D eigenvalue weighted by Crippen LogP contribution is -2.40. The molecule has 3 heterocycles. The summed E-state index contributed by atoms with van der Waals surface area (Å²) in [5.41, 5.74) is 5.27. The molecule has 6 aromatic rings. The topological polar surface area (TPSA) is 98.6 Å². The first-order chi connectivity index (χ1) is 23.5. The SMILES string of the molecule is CCOC(=O)C1=C(c2ccccc2)N=c2s/c(=C/c3cn(Cc4ccccc4C#N)c4ccccc34)c(=O)n2[C@@H]1c1cccc(OC)c1. The van der Waals surface area contributed by atoms with Crippen LogP contribution in [0.4, 0.5) is 0 Å². The van der Waals surface area contributed by atoms with Gasteiger partial charge in [-0.1, -0.05) is 90.2 Å².